The molecule has 0 saturated carbocycles. The quantitative estimate of drug-likeness (QED) is 0.694. The van der Waals surface area contributed by atoms with E-state index >= 15 is 0 Å². The van der Waals surface area contributed by atoms with Crippen LogP contribution in [0.4, 0.5) is 0 Å². The highest BCUT2D eigenvalue weighted by atomic mass is 32.2. The minimum absolute atomic E-state index is 0.00343. The highest BCUT2D eigenvalue weighted by Crippen LogP contribution is 2.23. The lowest BCUT2D eigenvalue weighted by Crippen LogP contribution is -2.29. The van der Waals surface area contributed by atoms with Crippen LogP contribution < -0.4 is 5.32 Å². The van der Waals surface area contributed by atoms with Gasteiger partial charge in [-0.3, -0.25) is 9.00 Å². The Balaban J connectivity index is 1.97. The smallest absolute Gasteiger partial charge is 0.232 e. The van der Waals surface area contributed by atoms with Gasteiger partial charge in [-0.1, -0.05) is 32.4 Å². The molecule has 0 bridgehead atoms. The fourth-order valence-corrected chi connectivity index (χ4v) is 3.44. The molecule has 1 aromatic heterocycles. The van der Waals surface area contributed by atoms with Gasteiger partial charge in [0.15, 0.2) is 0 Å². The van der Waals surface area contributed by atoms with Crippen LogP contribution in [0.3, 0.4) is 0 Å². The molecule has 136 valence electrons. The number of carbonyl (C=O) groups excluding carboxylic acids is 1. The molecule has 0 spiro atoms. The summed E-state index contributed by atoms with van der Waals surface area (Å²) in [7, 11) is -1.30. The summed E-state index contributed by atoms with van der Waals surface area (Å²) >= 11 is 0. The molecule has 2 rings (SSSR count). The van der Waals surface area contributed by atoms with Crippen molar-refractivity contribution in [2.75, 3.05) is 12.3 Å². The first-order valence-electron chi connectivity index (χ1n) is 8.70. The summed E-state index contributed by atoms with van der Waals surface area (Å²) in [4.78, 5) is 16.2. The molecule has 5 nitrogen and oxygen atoms in total. The van der Waals surface area contributed by atoms with Gasteiger partial charge in [-0.25, -0.2) is 4.98 Å². The zero-order valence-corrected chi connectivity index (χ0v) is 15.9. The summed E-state index contributed by atoms with van der Waals surface area (Å²) in [5, 5.41) is 2.78. The maximum absolute atomic E-state index is 12.2. The Hall–Kier alpha value is -1.95. The second kappa shape index (κ2) is 9.51. The van der Waals surface area contributed by atoms with E-state index in [4.69, 9.17) is 4.42 Å². The van der Waals surface area contributed by atoms with Crippen molar-refractivity contribution in [2.24, 2.45) is 0 Å². The highest BCUT2D eigenvalue weighted by Gasteiger charge is 2.16. The van der Waals surface area contributed by atoms with Crippen molar-refractivity contribution in [2.45, 2.75) is 45.8 Å². The second-order valence-electron chi connectivity index (χ2n) is 6.00. The third-order valence-corrected chi connectivity index (χ3v) is 5.12. The van der Waals surface area contributed by atoms with Gasteiger partial charge in [0.25, 0.3) is 0 Å². The Morgan fingerprint density at radius 2 is 1.96 bits per heavy atom. The molecular weight excluding hydrogens is 336 g/mol. The van der Waals surface area contributed by atoms with E-state index in [-0.39, 0.29) is 17.4 Å². The number of amides is 1. The Labute approximate surface area is 151 Å². The zero-order valence-electron chi connectivity index (χ0n) is 15.1. The number of hydrogen-bond donors (Lipinski definition) is 1. The van der Waals surface area contributed by atoms with Crippen molar-refractivity contribution in [3.8, 4) is 11.5 Å². The van der Waals surface area contributed by atoms with E-state index in [0.29, 0.717) is 23.9 Å². The normalized spacial score (nSPS) is 12.1. The first-order valence-corrected chi connectivity index (χ1v) is 10.2. The van der Waals surface area contributed by atoms with Gasteiger partial charge in [0.1, 0.15) is 11.5 Å². The van der Waals surface area contributed by atoms with Gasteiger partial charge in [0.05, 0.1) is 11.4 Å². The molecule has 25 heavy (non-hydrogen) atoms. The van der Waals surface area contributed by atoms with Crippen molar-refractivity contribution in [1.82, 2.24) is 10.3 Å². The summed E-state index contributed by atoms with van der Waals surface area (Å²) in [5.41, 5.74) is 2.80. The monoisotopic (exact) mass is 362 g/mol. The molecule has 6 heteroatoms. The molecule has 0 fully saturated rings. The van der Waals surface area contributed by atoms with Crippen LogP contribution >= 0.6 is 0 Å². The highest BCUT2D eigenvalue weighted by molar-refractivity contribution is 7.84. The number of hydrogen-bond acceptors (Lipinski definition) is 4. The molecular formula is C19H26N2O3S. The lowest BCUT2D eigenvalue weighted by atomic mass is 10.1. The number of aryl methyl sites for hydroxylation is 2. The number of oxazole rings is 1. The average Bonchev–Trinajstić information content (AvgIpc) is 2.95. The van der Waals surface area contributed by atoms with Crippen LogP contribution in [0, 0.1) is 6.92 Å². The SMILES string of the molecule is CCCCNC(=O)C[S@@](=O)Cc1nc(-c2ccc(CC)cc2)oc1C. The number of aromatic nitrogens is 1. The van der Waals surface area contributed by atoms with Gasteiger partial charge < -0.3 is 9.73 Å². The molecule has 1 aromatic carbocycles. The third-order valence-electron chi connectivity index (χ3n) is 3.94. The zero-order chi connectivity index (χ0) is 18.2. The molecule has 1 N–H and O–H groups in total. The second-order valence-corrected chi connectivity index (χ2v) is 7.46. The molecule has 0 aliphatic carbocycles. The molecule has 0 saturated heterocycles. The lowest BCUT2D eigenvalue weighted by molar-refractivity contribution is -0.118. The first kappa shape index (κ1) is 19.4. The molecule has 1 amide bonds. The van der Waals surface area contributed by atoms with E-state index in [1.807, 2.05) is 31.2 Å². The minimum Gasteiger partial charge on any atom is -0.441 e. The number of carbonyl (C=O) groups is 1. The first-order chi connectivity index (χ1) is 12.0. The Kier molecular flexibility index (Phi) is 7.37. The average molecular weight is 362 g/mol. The van der Waals surface area contributed by atoms with Crippen molar-refractivity contribution in [1.29, 1.82) is 0 Å². The van der Waals surface area contributed by atoms with Crippen LogP contribution in [-0.4, -0.2) is 27.4 Å². The van der Waals surface area contributed by atoms with Gasteiger partial charge in [-0.15, -0.1) is 0 Å². The topological polar surface area (TPSA) is 72.2 Å². The summed E-state index contributed by atoms with van der Waals surface area (Å²) in [6.45, 7) is 6.61. The third kappa shape index (κ3) is 5.81. The minimum atomic E-state index is -1.30. The van der Waals surface area contributed by atoms with Gasteiger partial charge in [-0.05, 0) is 37.5 Å². The van der Waals surface area contributed by atoms with E-state index in [9.17, 15) is 9.00 Å². The van der Waals surface area contributed by atoms with E-state index in [2.05, 4.69) is 24.1 Å². The van der Waals surface area contributed by atoms with Crippen LogP contribution in [0.1, 0.15) is 43.7 Å². The van der Waals surface area contributed by atoms with E-state index in [1.165, 1.54) is 5.56 Å². The van der Waals surface area contributed by atoms with Crippen molar-refractivity contribution < 1.29 is 13.4 Å². The molecule has 0 aliphatic heterocycles. The number of benzene rings is 1. The predicted molar refractivity (Wildman–Crippen MR) is 101 cm³/mol. The number of rotatable bonds is 9. The van der Waals surface area contributed by atoms with Gasteiger partial charge in [0, 0.05) is 22.9 Å². The van der Waals surface area contributed by atoms with Crippen LogP contribution in [0.2, 0.25) is 0 Å². The van der Waals surface area contributed by atoms with Gasteiger partial charge in [0.2, 0.25) is 11.8 Å². The standard InChI is InChI=1S/C19H26N2O3S/c1-4-6-11-20-18(22)13-25(23)12-17-14(3)24-19(21-17)16-9-7-15(5-2)8-10-16/h7-10H,4-6,11-13H2,1-3H3,(H,20,22)/t25-/m0/s1. The summed E-state index contributed by atoms with van der Waals surface area (Å²) in [6, 6.07) is 8.05. The van der Waals surface area contributed by atoms with E-state index in [1.54, 1.807) is 0 Å². The Morgan fingerprint density at radius 3 is 2.60 bits per heavy atom. The molecule has 0 radical (unpaired) electrons. The molecule has 2 aromatic rings. The Morgan fingerprint density at radius 1 is 1.24 bits per heavy atom. The molecule has 1 atom stereocenters. The summed E-state index contributed by atoms with van der Waals surface area (Å²) in [5.74, 6) is 1.22. The fourth-order valence-electron chi connectivity index (χ4n) is 2.37. The van der Waals surface area contributed by atoms with E-state index < -0.39 is 10.8 Å². The van der Waals surface area contributed by atoms with Gasteiger partial charge >= 0.3 is 0 Å². The van der Waals surface area contributed by atoms with Crippen LogP contribution in [0.15, 0.2) is 28.7 Å². The summed E-state index contributed by atoms with van der Waals surface area (Å²) < 4.78 is 17.9. The van der Waals surface area contributed by atoms with E-state index in [0.717, 1.165) is 24.8 Å². The molecule has 1 heterocycles. The molecule has 0 unspecified atom stereocenters. The number of unbranched alkanes of at least 4 members (excludes halogenated alkanes) is 1. The number of nitrogens with zero attached hydrogens (tertiary/aromatic N) is 1. The van der Waals surface area contributed by atoms with Crippen molar-refractivity contribution >= 4 is 16.7 Å². The van der Waals surface area contributed by atoms with Gasteiger partial charge in [-0.2, -0.15) is 0 Å². The van der Waals surface area contributed by atoms with Crippen LogP contribution in [-0.2, 0) is 27.8 Å². The Bertz CT molecular complexity index is 723. The summed E-state index contributed by atoms with van der Waals surface area (Å²) in [6.07, 6.45) is 2.93. The maximum atomic E-state index is 12.2. The molecule has 0 aliphatic rings. The predicted octanol–water partition coefficient (Wildman–Crippen LogP) is 3.38. The fraction of sp³-hybridized carbons (Fsp3) is 0.474. The maximum Gasteiger partial charge on any atom is 0.232 e. The van der Waals surface area contributed by atoms with Crippen LogP contribution in [0.25, 0.3) is 11.5 Å². The largest absolute Gasteiger partial charge is 0.441 e. The van der Waals surface area contributed by atoms with Crippen molar-refractivity contribution in [3.05, 3.63) is 41.3 Å². The van der Waals surface area contributed by atoms with Crippen LogP contribution in [0.5, 0.6) is 0 Å². The van der Waals surface area contributed by atoms with Crippen molar-refractivity contribution in [3.63, 3.8) is 0 Å². The number of nitrogens with one attached hydrogen (secondary N) is 1. The lowest BCUT2D eigenvalue weighted by Gasteiger charge is -2.03.